The largest absolute Gasteiger partial charge is 0.419 e. The fourth-order valence-corrected chi connectivity index (χ4v) is 2.29. The van der Waals surface area contributed by atoms with Gasteiger partial charge in [0.25, 0.3) is 0 Å². The van der Waals surface area contributed by atoms with Crippen LogP contribution in [0.1, 0.15) is 24.0 Å². The third kappa shape index (κ3) is 4.18. The molecular formula is C14H17F4NO. The van der Waals surface area contributed by atoms with Crippen molar-refractivity contribution in [3.63, 3.8) is 0 Å². The van der Waals surface area contributed by atoms with Crippen LogP contribution in [0.5, 0.6) is 0 Å². The van der Waals surface area contributed by atoms with E-state index in [9.17, 15) is 17.6 Å². The maximum atomic E-state index is 13.1. The molecule has 1 saturated heterocycles. The molecule has 1 aliphatic heterocycles. The highest BCUT2D eigenvalue weighted by Crippen LogP contribution is 2.31. The van der Waals surface area contributed by atoms with E-state index in [0.29, 0.717) is 31.2 Å². The fourth-order valence-electron chi connectivity index (χ4n) is 2.29. The normalized spacial score (nSPS) is 20.1. The van der Waals surface area contributed by atoms with Gasteiger partial charge in [0, 0.05) is 19.7 Å². The lowest BCUT2D eigenvalue weighted by Crippen LogP contribution is -2.29. The third-order valence-corrected chi connectivity index (χ3v) is 3.35. The molecule has 112 valence electrons. The molecule has 0 aromatic heterocycles. The fraction of sp³-hybridized carbons (Fsp3) is 0.571. The average Bonchev–Trinajstić information content (AvgIpc) is 2.40. The molecule has 0 amide bonds. The van der Waals surface area contributed by atoms with Gasteiger partial charge < -0.3 is 10.1 Å². The van der Waals surface area contributed by atoms with Gasteiger partial charge in [0.1, 0.15) is 5.82 Å². The van der Waals surface area contributed by atoms with Gasteiger partial charge in [-0.1, -0.05) is 6.07 Å². The van der Waals surface area contributed by atoms with Gasteiger partial charge in [-0.25, -0.2) is 4.39 Å². The van der Waals surface area contributed by atoms with Crippen molar-refractivity contribution in [2.45, 2.75) is 25.6 Å². The Morgan fingerprint density at radius 3 is 2.75 bits per heavy atom. The van der Waals surface area contributed by atoms with Crippen LogP contribution in [0.15, 0.2) is 18.2 Å². The summed E-state index contributed by atoms with van der Waals surface area (Å²) in [5.41, 5.74) is -0.784. The van der Waals surface area contributed by atoms with Crippen molar-refractivity contribution in [2.75, 3.05) is 19.8 Å². The Labute approximate surface area is 115 Å². The minimum atomic E-state index is -4.66. The van der Waals surface area contributed by atoms with Crippen LogP contribution >= 0.6 is 0 Å². The van der Waals surface area contributed by atoms with Gasteiger partial charge in [0.2, 0.25) is 0 Å². The Morgan fingerprint density at radius 1 is 1.30 bits per heavy atom. The summed E-state index contributed by atoms with van der Waals surface area (Å²) in [6.45, 7) is 2.45. The molecule has 1 aromatic carbocycles. The van der Waals surface area contributed by atoms with Gasteiger partial charge in [0.05, 0.1) is 12.2 Å². The number of hydrogen-bond acceptors (Lipinski definition) is 2. The van der Waals surface area contributed by atoms with E-state index in [2.05, 4.69) is 5.32 Å². The zero-order valence-electron chi connectivity index (χ0n) is 11.0. The average molecular weight is 291 g/mol. The van der Waals surface area contributed by atoms with Crippen LogP contribution in [0.3, 0.4) is 0 Å². The molecule has 0 aliphatic carbocycles. The maximum absolute atomic E-state index is 13.1. The molecule has 1 unspecified atom stereocenters. The second-order valence-electron chi connectivity index (χ2n) is 5.03. The van der Waals surface area contributed by atoms with E-state index in [4.69, 9.17) is 4.74 Å². The van der Waals surface area contributed by atoms with Crippen molar-refractivity contribution in [3.8, 4) is 0 Å². The molecule has 6 heteroatoms. The molecule has 1 heterocycles. The molecule has 1 N–H and O–H groups in total. The Morgan fingerprint density at radius 2 is 2.10 bits per heavy atom. The van der Waals surface area contributed by atoms with Crippen molar-refractivity contribution < 1.29 is 22.3 Å². The van der Waals surface area contributed by atoms with Gasteiger partial charge in [-0.2, -0.15) is 13.2 Å². The standard InChI is InChI=1S/C14H17F4NO/c15-13-4-3-10(6-12(13)14(16,17)18)7-19-8-11-2-1-5-20-9-11/h3-4,6,11,19H,1-2,5,7-9H2. The lowest BCUT2D eigenvalue weighted by atomic mass is 10.0. The van der Waals surface area contributed by atoms with Crippen LogP contribution in [-0.4, -0.2) is 19.8 Å². The van der Waals surface area contributed by atoms with Gasteiger partial charge in [0.15, 0.2) is 0 Å². The van der Waals surface area contributed by atoms with E-state index in [1.807, 2.05) is 0 Å². The highest BCUT2D eigenvalue weighted by atomic mass is 19.4. The summed E-state index contributed by atoms with van der Waals surface area (Å²) in [6, 6.07) is 3.10. The number of ether oxygens (including phenoxy) is 1. The lowest BCUT2D eigenvalue weighted by Gasteiger charge is -2.22. The molecular weight excluding hydrogens is 274 g/mol. The molecule has 0 saturated carbocycles. The van der Waals surface area contributed by atoms with E-state index in [0.717, 1.165) is 31.6 Å². The van der Waals surface area contributed by atoms with Gasteiger partial charge >= 0.3 is 6.18 Å². The molecule has 0 radical (unpaired) electrons. The van der Waals surface area contributed by atoms with Crippen LogP contribution < -0.4 is 5.32 Å². The molecule has 20 heavy (non-hydrogen) atoms. The van der Waals surface area contributed by atoms with Gasteiger partial charge in [-0.05, 0) is 36.5 Å². The van der Waals surface area contributed by atoms with E-state index in [1.54, 1.807) is 0 Å². The zero-order valence-corrected chi connectivity index (χ0v) is 11.0. The number of hydrogen-bond donors (Lipinski definition) is 1. The molecule has 1 atom stereocenters. The Balaban J connectivity index is 1.89. The number of benzene rings is 1. The summed E-state index contributed by atoms with van der Waals surface area (Å²) >= 11 is 0. The first-order valence-electron chi connectivity index (χ1n) is 6.61. The molecule has 1 aromatic rings. The first kappa shape index (κ1) is 15.3. The van der Waals surface area contributed by atoms with Gasteiger partial charge in [-0.15, -0.1) is 0 Å². The van der Waals surface area contributed by atoms with Crippen LogP contribution in [0.25, 0.3) is 0 Å². The van der Waals surface area contributed by atoms with E-state index in [1.165, 1.54) is 6.07 Å². The zero-order chi connectivity index (χ0) is 14.6. The van der Waals surface area contributed by atoms with E-state index < -0.39 is 17.6 Å². The van der Waals surface area contributed by atoms with Crippen molar-refractivity contribution in [1.29, 1.82) is 0 Å². The van der Waals surface area contributed by atoms with Crippen LogP contribution in [0.2, 0.25) is 0 Å². The highest BCUT2D eigenvalue weighted by Gasteiger charge is 2.34. The smallest absolute Gasteiger partial charge is 0.381 e. The third-order valence-electron chi connectivity index (χ3n) is 3.35. The van der Waals surface area contributed by atoms with E-state index in [-0.39, 0.29) is 0 Å². The summed E-state index contributed by atoms with van der Waals surface area (Å²) in [4.78, 5) is 0. The number of rotatable bonds is 4. The number of halogens is 4. The number of nitrogens with one attached hydrogen (secondary N) is 1. The molecule has 2 rings (SSSR count). The van der Waals surface area contributed by atoms with E-state index >= 15 is 0 Å². The summed E-state index contributed by atoms with van der Waals surface area (Å²) in [7, 11) is 0. The SMILES string of the molecule is Fc1ccc(CNCC2CCCOC2)cc1C(F)(F)F. The summed E-state index contributed by atoms with van der Waals surface area (Å²) < 4.78 is 56.1. The molecule has 1 aliphatic rings. The molecule has 2 nitrogen and oxygen atoms in total. The monoisotopic (exact) mass is 291 g/mol. The lowest BCUT2D eigenvalue weighted by molar-refractivity contribution is -0.140. The maximum Gasteiger partial charge on any atom is 0.419 e. The van der Waals surface area contributed by atoms with Crippen LogP contribution in [-0.2, 0) is 17.5 Å². The Kier molecular flexibility index (Phi) is 4.99. The number of alkyl halides is 3. The van der Waals surface area contributed by atoms with Crippen molar-refractivity contribution >= 4 is 0 Å². The van der Waals surface area contributed by atoms with Crippen molar-refractivity contribution in [1.82, 2.24) is 5.32 Å². The second kappa shape index (κ2) is 6.54. The minimum Gasteiger partial charge on any atom is -0.381 e. The topological polar surface area (TPSA) is 21.3 Å². The van der Waals surface area contributed by atoms with Crippen LogP contribution in [0, 0.1) is 11.7 Å². The highest BCUT2D eigenvalue weighted by molar-refractivity contribution is 5.27. The van der Waals surface area contributed by atoms with Gasteiger partial charge in [-0.3, -0.25) is 0 Å². The first-order valence-corrected chi connectivity index (χ1v) is 6.61. The summed E-state index contributed by atoms with van der Waals surface area (Å²) in [6.07, 6.45) is -2.58. The molecule has 1 fully saturated rings. The predicted molar refractivity (Wildman–Crippen MR) is 66.7 cm³/mol. The Bertz CT molecular complexity index is 441. The minimum absolute atomic E-state index is 0.292. The van der Waals surface area contributed by atoms with Crippen molar-refractivity contribution in [2.24, 2.45) is 5.92 Å². The predicted octanol–water partition coefficient (Wildman–Crippen LogP) is 3.36. The van der Waals surface area contributed by atoms with Crippen LogP contribution in [0.4, 0.5) is 17.6 Å². The quantitative estimate of drug-likeness (QED) is 0.859. The first-order chi connectivity index (χ1) is 9.47. The Hall–Kier alpha value is -1.14. The summed E-state index contributed by atoms with van der Waals surface area (Å²) in [5.74, 6) is -0.840. The summed E-state index contributed by atoms with van der Waals surface area (Å²) in [5, 5.41) is 3.10. The second-order valence-corrected chi connectivity index (χ2v) is 5.03. The molecule has 0 spiro atoms. The molecule has 0 bridgehead atoms. The van der Waals surface area contributed by atoms with Crippen molar-refractivity contribution in [3.05, 3.63) is 35.1 Å².